The van der Waals surface area contributed by atoms with Crippen LogP contribution < -0.4 is 10.6 Å². The highest BCUT2D eigenvalue weighted by atomic mass is 127. The predicted molar refractivity (Wildman–Crippen MR) is 85.5 cm³/mol. The maximum absolute atomic E-state index is 11.4. The lowest BCUT2D eigenvalue weighted by atomic mass is 10.3. The second-order valence-electron chi connectivity index (χ2n) is 4.64. The fourth-order valence-corrected chi connectivity index (χ4v) is 1.94. The van der Waals surface area contributed by atoms with E-state index in [2.05, 4.69) is 20.5 Å². The highest BCUT2D eigenvalue weighted by Crippen LogP contribution is 2.06. The topological polar surface area (TPSA) is 56.7 Å². The van der Waals surface area contributed by atoms with Gasteiger partial charge in [-0.3, -0.25) is 9.79 Å². The minimum absolute atomic E-state index is 0. The molecule has 1 fully saturated rings. The third-order valence-electron chi connectivity index (χ3n) is 2.70. The summed E-state index contributed by atoms with van der Waals surface area (Å²) >= 11 is 0. The van der Waals surface area contributed by atoms with Gasteiger partial charge in [0.2, 0.25) is 5.91 Å². The first-order valence-electron chi connectivity index (χ1n) is 6.38. The number of nitrogens with one attached hydrogen (secondary N) is 2. The van der Waals surface area contributed by atoms with Gasteiger partial charge in [0.25, 0.3) is 0 Å². The van der Waals surface area contributed by atoms with Gasteiger partial charge < -0.3 is 15.5 Å². The molecule has 0 atom stereocenters. The third-order valence-corrected chi connectivity index (χ3v) is 2.70. The summed E-state index contributed by atoms with van der Waals surface area (Å²) in [6, 6.07) is 0.209. The number of amides is 1. The molecule has 0 bridgehead atoms. The fourth-order valence-electron chi connectivity index (χ4n) is 1.94. The first-order valence-corrected chi connectivity index (χ1v) is 6.38. The maximum Gasteiger partial charge on any atom is 0.221 e. The highest BCUT2D eigenvalue weighted by molar-refractivity contribution is 14.0. The number of halogens is 1. The number of likely N-dealkylation sites (tertiary alicyclic amines) is 1. The number of hydrogen-bond acceptors (Lipinski definition) is 2. The first-order chi connectivity index (χ1) is 8.13. The molecule has 0 aromatic heterocycles. The lowest BCUT2D eigenvalue weighted by Gasteiger charge is -2.20. The Labute approximate surface area is 127 Å². The van der Waals surface area contributed by atoms with E-state index in [1.807, 2.05) is 13.8 Å². The number of rotatable bonds is 4. The summed E-state index contributed by atoms with van der Waals surface area (Å²) in [5.74, 6) is 1.00. The third kappa shape index (κ3) is 6.42. The van der Waals surface area contributed by atoms with E-state index in [9.17, 15) is 4.79 Å². The number of carbonyl (C=O) groups is 1. The van der Waals surface area contributed by atoms with E-state index in [0.29, 0.717) is 13.0 Å². The van der Waals surface area contributed by atoms with Gasteiger partial charge in [0, 0.05) is 39.1 Å². The van der Waals surface area contributed by atoms with Gasteiger partial charge in [0.05, 0.1) is 0 Å². The molecule has 0 unspecified atom stereocenters. The molecule has 0 aromatic carbocycles. The van der Waals surface area contributed by atoms with Crippen LogP contribution in [0.15, 0.2) is 4.99 Å². The Morgan fingerprint density at radius 3 is 2.44 bits per heavy atom. The number of hydrogen-bond donors (Lipinski definition) is 2. The zero-order valence-corrected chi connectivity index (χ0v) is 13.9. The van der Waals surface area contributed by atoms with Gasteiger partial charge in [-0.1, -0.05) is 0 Å². The molecule has 1 amide bonds. The molecule has 1 aliphatic heterocycles. The van der Waals surface area contributed by atoms with Crippen molar-refractivity contribution in [1.29, 1.82) is 0 Å². The summed E-state index contributed by atoms with van der Waals surface area (Å²) < 4.78 is 0. The summed E-state index contributed by atoms with van der Waals surface area (Å²) in [6.45, 7) is 6.71. The van der Waals surface area contributed by atoms with Gasteiger partial charge in [-0.05, 0) is 26.7 Å². The number of aliphatic imine (C=N–C) groups is 1. The minimum atomic E-state index is 0. The van der Waals surface area contributed by atoms with E-state index in [1.165, 1.54) is 12.8 Å². The quantitative estimate of drug-likeness (QED) is 0.445. The zero-order chi connectivity index (χ0) is 12.7. The molecule has 1 aliphatic rings. The molecular formula is C12H25IN4O. The van der Waals surface area contributed by atoms with Gasteiger partial charge in [0.15, 0.2) is 5.96 Å². The zero-order valence-electron chi connectivity index (χ0n) is 11.5. The largest absolute Gasteiger partial charge is 0.356 e. The fraction of sp³-hybridized carbons (Fsp3) is 0.833. The summed E-state index contributed by atoms with van der Waals surface area (Å²) in [4.78, 5) is 17.9. The van der Waals surface area contributed by atoms with Gasteiger partial charge in [-0.25, -0.2) is 0 Å². The van der Waals surface area contributed by atoms with Crippen LogP contribution >= 0.6 is 24.0 Å². The molecule has 0 radical (unpaired) electrons. The van der Waals surface area contributed by atoms with Crippen molar-refractivity contribution in [2.75, 3.05) is 26.7 Å². The van der Waals surface area contributed by atoms with Crippen molar-refractivity contribution in [3.8, 4) is 0 Å². The number of nitrogens with zero attached hydrogens (tertiary/aromatic N) is 2. The van der Waals surface area contributed by atoms with Crippen molar-refractivity contribution >= 4 is 35.8 Å². The van der Waals surface area contributed by atoms with Crippen molar-refractivity contribution in [1.82, 2.24) is 15.5 Å². The van der Waals surface area contributed by atoms with E-state index in [0.717, 1.165) is 19.0 Å². The second-order valence-corrected chi connectivity index (χ2v) is 4.64. The van der Waals surface area contributed by atoms with Crippen molar-refractivity contribution in [3.63, 3.8) is 0 Å². The molecule has 0 aromatic rings. The van der Waals surface area contributed by atoms with E-state index < -0.39 is 0 Å². The predicted octanol–water partition coefficient (Wildman–Crippen LogP) is 1.19. The molecular weight excluding hydrogens is 343 g/mol. The molecule has 1 heterocycles. The van der Waals surface area contributed by atoms with E-state index in [4.69, 9.17) is 0 Å². The monoisotopic (exact) mass is 368 g/mol. The minimum Gasteiger partial charge on any atom is -0.356 e. The van der Waals surface area contributed by atoms with Crippen LogP contribution in [0.4, 0.5) is 0 Å². The van der Waals surface area contributed by atoms with Crippen LogP contribution in [0.1, 0.15) is 33.1 Å². The smallest absolute Gasteiger partial charge is 0.221 e. The van der Waals surface area contributed by atoms with Gasteiger partial charge in [-0.15, -0.1) is 24.0 Å². The number of carbonyl (C=O) groups excluding carboxylic acids is 1. The van der Waals surface area contributed by atoms with Gasteiger partial charge in [-0.2, -0.15) is 0 Å². The van der Waals surface area contributed by atoms with Crippen molar-refractivity contribution < 1.29 is 4.79 Å². The summed E-state index contributed by atoms with van der Waals surface area (Å²) in [5, 5.41) is 6.10. The summed E-state index contributed by atoms with van der Waals surface area (Å²) in [5.41, 5.74) is 0. The van der Waals surface area contributed by atoms with Gasteiger partial charge >= 0.3 is 0 Å². The van der Waals surface area contributed by atoms with Crippen LogP contribution in [0.25, 0.3) is 0 Å². The van der Waals surface area contributed by atoms with Crippen molar-refractivity contribution in [2.45, 2.75) is 39.2 Å². The first kappa shape index (κ1) is 17.5. The van der Waals surface area contributed by atoms with Crippen molar-refractivity contribution in [3.05, 3.63) is 0 Å². The second kappa shape index (κ2) is 9.41. The molecule has 6 heteroatoms. The van der Waals surface area contributed by atoms with Crippen LogP contribution in [0.2, 0.25) is 0 Å². The van der Waals surface area contributed by atoms with E-state index >= 15 is 0 Å². The molecule has 106 valence electrons. The molecule has 1 rings (SSSR count). The molecule has 5 nitrogen and oxygen atoms in total. The van der Waals surface area contributed by atoms with E-state index in [1.54, 1.807) is 7.05 Å². The van der Waals surface area contributed by atoms with Crippen LogP contribution in [0.5, 0.6) is 0 Å². The van der Waals surface area contributed by atoms with Crippen LogP contribution in [0.3, 0.4) is 0 Å². The molecule has 18 heavy (non-hydrogen) atoms. The standard InChI is InChI=1S/C12H24N4O.HI/c1-10(2)15-11(17)6-7-14-12(13-3)16-8-4-5-9-16;/h10H,4-9H2,1-3H3,(H,13,14)(H,15,17);1H. The summed E-state index contributed by atoms with van der Waals surface area (Å²) in [6.07, 6.45) is 2.95. The Bertz CT molecular complexity index is 275. The average Bonchev–Trinajstić information content (AvgIpc) is 2.76. The lowest BCUT2D eigenvalue weighted by Crippen LogP contribution is -2.41. The Kier molecular flexibility index (Phi) is 9.13. The molecule has 2 N–H and O–H groups in total. The molecule has 0 aliphatic carbocycles. The lowest BCUT2D eigenvalue weighted by molar-refractivity contribution is -0.121. The Morgan fingerprint density at radius 2 is 1.94 bits per heavy atom. The Hall–Kier alpha value is -0.530. The molecule has 1 saturated heterocycles. The average molecular weight is 368 g/mol. The van der Waals surface area contributed by atoms with Crippen LogP contribution in [0, 0.1) is 0 Å². The van der Waals surface area contributed by atoms with Crippen LogP contribution in [-0.2, 0) is 4.79 Å². The highest BCUT2D eigenvalue weighted by Gasteiger charge is 2.15. The Morgan fingerprint density at radius 1 is 1.33 bits per heavy atom. The van der Waals surface area contributed by atoms with Gasteiger partial charge in [0.1, 0.15) is 0 Å². The SMILES string of the molecule is CN=C(NCCC(=O)NC(C)C)N1CCCC1.I. The maximum atomic E-state index is 11.4. The van der Waals surface area contributed by atoms with Crippen LogP contribution in [-0.4, -0.2) is 49.5 Å². The van der Waals surface area contributed by atoms with E-state index in [-0.39, 0.29) is 35.9 Å². The summed E-state index contributed by atoms with van der Waals surface area (Å²) in [7, 11) is 1.79. The molecule has 0 spiro atoms. The number of guanidine groups is 1. The normalized spacial score (nSPS) is 15.6. The molecule has 0 saturated carbocycles. The Balaban J connectivity index is 0.00000289. The van der Waals surface area contributed by atoms with Crippen molar-refractivity contribution in [2.24, 2.45) is 4.99 Å².